The van der Waals surface area contributed by atoms with E-state index < -0.39 is 21.7 Å². The van der Waals surface area contributed by atoms with Crippen LogP contribution in [0.4, 0.5) is 0 Å². The number of benzene rings is 1. The van der Waals surface area contributed by atoms with Crippen molar-refractivity contribution in [1.82, 2.24) is 8.87 Å². The molecule has 178 valence electrons. The summed E-state index contributed by atoms with van der Waals surface area (Å²) in [6, 6.07) is 5.21. The van der Waals surface area contributed by atoms with Crippen molar-refractivity contribution in [2.45, 2.75) is 32.8 Å². The standard InChI is InChI=1S/C22H32N2O7S/c1-22(2,21(25)31-18-9-11-29-14-18)15-30-32(26,27)24-13-16(8-10-23(3)4)19-12-17(28-5)6-7-20(19)24/h6-7,12-13,18H,8-11,14-15H2,1-5H3. The van der Waals surface area contributed by atoms with Gasteiger partial charge in [-0.15, -0.1) is 0 Å². The molecule has 1 aromatic heterocycles. The molecule has 1 saturated heterocycles. The van der Waals surface area contributed by atoms with E-state index >= 15 is 0 Å². The number of hydrogen-bond donors (Lipinski definition) is 0. The topological polar surface area (TPSA) is 96.3 Å². The summed E-state index contributed by atoms with van der Waals surface area (Å²) in [7, 11) is 1.29. The first kappa shape index (κ1) is 24.5. The third-order valence-electron chi connectivity index (χ3n) is 5.41. The van der Waals surface area contributed by atoms with Crippen molar-refractivity contribution in [3.05, 3.63) is 30.0 Å². The summed E-state index contributed by atoms with van der Waals surface area (Å²) in [5.74, 6) is 0.122. The lowest BCUT2D eigenvalue weighted by Crippen LogP contribution is -2.36. The number of rotatable bonds is 10. The van der Waals surface area contributed by atoms with Gasteiger partial charge in [0.15, 0.2) is 0 Å². The van der Waals surface area contributed by atoms with Gasteiger partial charge in [0, 0.05) is 24.5 Å². The maximum Gasteiger partial charge on any atom is 0.366 e. The average molecular weight is 469 g/mol. The van der Waals surface area contributed by atoms with Gasteiger partial charge in [0.05, 0.1) is 37.9 Å². The Morgan fingerprint density at radius 3 is 2.69 bits per heavy atom. The number of methoxy groups -OCH3 is 1. The molecule has 0 saturated carbocycles. The molecule has 32 heavy (non-hydrogen) atoms. The lowest BCUT2D eigenvalue weighted by Gasteiger charge is -2.24. The third kappa shape index (κ3) is 5.61. The Balaban J connectivity index is 1.82. The van der Waals surface area contributed by atoms with Gasteiger partial charge in [-0.2, -0.15) is 8.42 Å². The van der Waals surface area contributed by atoms with E-state index in [-0.39, 0.29) is 12.7 Å². The third-order valence-corrected chi connectivity index (χ3v) is 6.61. The van der Waals surface area contributed by atoms with Gasteiger partial charge in [0.2, 0.25) is 0 Å². The number of ether oxygens (including phenoxy) is 3. The summed E-state index contributed by atoms with van der Waals surface area (Å²) in [6.45, 7) is 4.51. The molecule has 1 fully saturated rings. The molecular weight excluding hydrogens is 436 g/mol. The summed E-state index contributed by atoms with van der Waals surface area (Å²) in [5.41, 5.74) is 0.206. The van der Waals surface area contributed by atoms with Crippen LogP contribution in [0.2, 0.25) is 0 Å². The van der Waals surface area contributed by atoms with E-state index in [2.05, 4.69) is 0 Å². The van der Waals surface area contributed by atoms with Crippen molar-refractivity contribution in [3.63, 3.8) is 0 Å². The predicted octanol–water partition coefficient (Wildman–Crippen LogP) is 2.22. The minimum absolute atomic E-state index is 0.305. The molecule has 9 nitrogen and oxygen atoms in total. The van der Waals surface area contributed by atoms with Crippen LogP contribution in [-0.2, 0) is 35.2 Å². The molecule has 0 N–H and O–H groups in total. The molecule has 10 heteroatoms. The van der Waals surface area contributed by atoms with Gasteiger partial charge < -0.3 is 19.1 Å². The number of esters is 1. The number of fused-ring (bicyclic) bond motifs is 1. The smallest absolute Gasteiger partial charge is 0.366 e. The predicted molar refractivity (Wildman–Crippen MR) is 120 cm³/mol. The van der Waals surface area contributed by atoms with Gasteiger partial charge in [0.1, 0.15) is 11.9 Å². The fourth-order valence-corrected chi connectivity index (χ4v) is 4.57. The van der Waals surface area contributed by atoms with E-state index in [1.54, 1.807) is 39.3 Å². The minimum Gasteiger partial charge on any atom is -0.497 e. The summed E-state index contributed by atoms with van der Waals surface area (Å²) < 4.78 is 48.6. The SMILES string of the molecule is COc1ccc2c(c1)c(CCN(C)C)cn2S(=O)(=O)OCC(C)(C)C(=O)OC1CCOC1. The Kier molecular flexibility index (Phi) is 7.49. The van der Waals surface area contributed by atoms with Gasteiger partial charge in [-0.25, -0.2) is 3.97 Å². The molecule has 0 amide bonds. The van der Waals surface area contributed by atoms with Gasteiger partial charge in [-0.3, -0.25) is 8.98 Å². The maximum atomic E-state index is 13.1. The number of carbonyl (C=O) groups is 1. The number of likely N-dealkylation sites (N-methyl/N-ethyl adjacent to an activating group) is 1. The molecule has 0 aliphatic carbocycles. The molecule has 1 aromatic carbocycles. The zero-order valence-corrected chi connectivity index (χ0v) is 20.1. The number of hydrogen-bond acceptors (Lipinski definition) is 8. The Hall–Kier alpha value is -2.14. The molecule has 0 radical (unpaired) electrons. The van der Waals surface area contributed by atoms with Crippen molar-refractivity contribution < 1.29 is 31.6 Å². The highest BCUT2D eigenvalue weighted by Gasteiger charge is 2.35. The zero-order valence-electron chi connectivity index (χ0n) is 19.3. The highest BCUT2D eigenvalue weighted by atomic mass is 32.2. The normalized spacial score (nSPS) is 17.2. The molecule has 1 unspecified atom stereocenters. The zero-order chi connectivity index (χ0) is 23.5. The monoisotopic (exact) mass is 468 g/mol. The van der Waals surface area contributed by atoms with Gasteiger partial charge in [-0.1, -0.05) is 0 Å². The minimum atomic E-state index is -4.19. The van der Waals surface area contributed by atoms with Gasteiger partial charge in [-0.05, 0) is 58.1 Å². The van der Waals surface area contributed by atoms with E-state index in [1.165, 1.54) is 0 Å². The van der Waals surface area contributed by atoms with Crippen molar-refractivity contribution in [2.75, 3.05) is 47.6 Å². The largest absolute Gasteiger partial charge is 0.497 e. The van der Waals surface area contributed by atoms with Crippen molar-refractivity contribution in [2.24, 2.45) is 5.41 Å². The molecule has 0 spiro atoms. The highest BCUT2D eigenvalue weighted by molar-refractivity contribution is 7.85. The fourth-order valence-electron chi connectivity index (χ4n) is 3.35. The summed E-state index contributed by atoms with van der Waals surface area (Å²) in [6.07, 6.45) is 2.56. The van der Waals surface area contributed by atoms with Crippen LogP contribution in [0.15, 0.2) is 24.4 Å². The molecule has 1 atom stereocenters. The number of nitrogens with zero attached hydrogens (tertiary/aromatic N) is 2. The molecular formula is C22H32N2O7S. The molecule has 2 heterocycles. The fraction of sp³-hybridized carbons (Fsp3) is 0.591. The number of carbonyl (C=O) groups excluding carboxylic acids is 1. The molecule has 3 rings (SSSR count). The second-order valence-corrected chi connectivity index (χ2v) is 10.4. The van der Waals surface area contributed by atoms with Crippen LogP contribution in [-0.4, -0.2) is 76.9 Å². The van der Waals surface area contributed by atoms with Crippen LogP contribution in [0.1, 0.15) is 25.8 Å². The first-order valence-electron chi connectivity index (χ1n) is 10.5. The summed E-state index contributed by atoms with van der Waals surface area (Å²) in [4.78, 5) is 14.6. The second-order valence-electron chi connectivity index (χ2n) is 8.88. The van der Waals surface area contributed by atoms with Crippen LogP contribution in [0.5, 0.6) is 5.75 Å². The first-order chi connectivity index (χ1) is 15.0. The average Bonchev–Trinajstić information content (AvgIpc) is 3.38. The quantitative estimate of drug-likeness (QED) is 0.490. The van der Waals surface area contributed by atoms with E-state index in [0.717, 1.165) is 21.5 Å². The van der Waals surface area contributed by atoms with Crippen LogP contribution < -0.4 is 4.74 Å². The van der Waals surface area contributed by atoms with Crippen LogP contribution in [0.25, 0.3) is 10.9 Å². The van der Waals surface area contributed by atoms with Crippen LogP contribution in [0, 0.1) is 5.41 Å². The Labute approximate surface area is 189 Å². The molecule has 2 aromatic rings. The van der Waals surface area contributed by atoms with Crippen LogP contribution in [0.3, 0.4) is 0 Å². The van der Waals surface area contributed by atoms with E-state index in [0.29, 0.717) is 37.3 Å². The van der Waals surface area contributed by atoms with E-state index in [9.17, 15) is 13.2 Å². The second kappa shape index (κ2) is 9.78. The maximum absolute atomic E-state index is 13.1. The van der Waals surface area contributed by atoms with Gasteiger partial charge >= 0.3 is 16.3 Å². The summed E-state index contributed by atoms with van der Waals surface area (Å²) in [5, 5.41) is 0.776. The number of aromatic nitrogens is 1. The molecule has 0 bridgehead atoms. The van der Waals surface area contributed by atoms with Gasteiger partial charge in [0.25, 0.3) is 0 Å². The lowest BCUT2D eigenvalue weighted by molar-refractivity contribution is -0.161. The highest BCUT2D eigenvalue weighted by Crippen LogP contribution is 2.29. The Bertz CT molecular complexity index is 1050. The van der Waals surface area contributed by atoms with E-state index in [1.807, 2.05) is 25.1 Å². The van der Waals surface area contributed by atoms with Crippen molar-refractivity contribution >= 4 is 27.2 Å². The lowest BCUT2D eigenvalue weighted by atomic mass is 9.95. The van der Waals surface area contributed by atoms with Crippen LogP contribution >= 0.6 is 0 Å². The summed E-state index contributed by atoms with van der Waals surface area (Å²) >= 11 is 0. The van der Waals surface area contributed by atoms with Crippen molar-refractivity contribution in [3.8, 4) is 5.75 Å². The first-order valence-corrected chi connectivity index (χ1v) is 11.9. The Morgan fingerprint density at radius 2 is 2.06 bits per heavy atom. The van der Waals surface area contributed by atoms with Crippen molar-refractivity contribution in [1.29, 1.82) is 0 Å². The Morgan fingerprint density at radius 1 is 1.31 bits per heavy atom. The molecule has 1 aliphatic heterocycles. The molecule has 1 aliphatic rings. The van der Waals surface area contributed by atoms with E-state index in [4.69, 9.17) is 18.4 Å².